The quantitative estimate of drug-likeness (QED) is 0.603. The lowest BCUT2D eigenvalue weighted by molar-refractivity contribution is 0.580. The van der Waals surface area contributed by atoms with Gasteiger partial charge in [-0.25, -0.2) is 0 Å². The SMILES string of the molecule is CC(C)(C)N.ClCCCl. The smallest absolute Gasteiger partial charge is 0.0359 e. The van der Waals surface area contributed by atoms with Gasteiger partial charge in [0.15, 0.2) is 0 Å². The zero-order chi connectivity index (χ0) is 7.91. The van der Waals surface area contributed by atoms with Gasteiger partial charge in [0, 0.05) is 17.3 Å². The molecule has 0 aliphatic carbocycles. The Labute approximate surface area is 67.5 Å². The van der Waals surface area contributed by atoms with Crippen LogP contribution in [0.1, 0.15) is 20.8 Å². The molecule has 0 spiro atoms. The van der Waals surface area contributed by atoms with E-state index in [4.69, 9.17) is 28.9 Å². The summed E-state index contributed by atoms with van der Waals surface area (Å²) in [6, 6.07) is 0. The summed E-state index contributed by atoms with van der Waals surface area (Å²) >= 11 is 10.1. The summed E-state index contributed by atoms with van der Waals surface area (Å²) in [5.41, 5.74) is 5.35. The number of hydrogen-bond donors (Lipinski definition) is 1. The number of hydrogen-bond acceptors (Lipinski definition) is 1. The van der Waals surface area contributed by atoms with Gasteiger partial charge in [-0.1, -0.05) is 0 Å². The molecule has 0 fully saturated rings. The first kappa shape index (κ1) is 12.2. The highest BCUT2D eigenvalue weighted by atomic mass is 35.5. The van der Waals surface area contributed by atoms with Crippen molar-refractivity contribution in [3.8, 4) is 0 Å². The van der Waals surface area contributed by atoms with Crippen molar-refractivity contribution in [2.75, 3.05) is 11.8 Å². The Bertz CT molecular complexity index is 41.5. The molecule has 9 heavy (non-hydrogen) atoms. The van der Waals surface area contributed by atoms with Crippen molar-refractivity contribution >= 4 is 23.2 Å². The molecule has 0 unspecified atom stereocenters. The molecule has 0 atom stereocenters. The zero-order valence-electron chi connectivity index (χ0n) is 6.25. The first-order chi connectivity index (χ1) is 3.91. The number of nitrogens with two attached hydrogens (primary N) is 1. The fourth-order valence-corrected chi connectivity index (χ4v) is 0. The van der Waals surface area contributed by atoms with Crippen LogP contribution < -0.4 is 5.73 Å². The normalized spacial score (nSPS) is 10.0. The first-order valence-electron chi connectivity index (χ1n) is 2.82. The molecule has 0 amide bonds. The van der Waals surface area contributed by atoms with Crippen LogP contribution in [0, 0.1) is 0 Å². The second kappa shape index (κ2) is 6.66. The molecule has 0 heterocycles. The van der Waals surface area contributed by atoms with Crippen LogP contribution in [0.25, 0.3) is 0 Å². The highest BCUT2D eigenvalue weighted by Crippen LogP contribution is 1.88. The van der Waals surface area contributed by atoms with E-state index < -0.39 is 0 Å². The van der Waals surface area contributed by atoms with E-state index in [2.05, 4.69) is 0 Å². The van der Waals surface area contributed by atoms with Gasteiger partial charge in [0.2, 0.25) is 0 Å². The summed E-state index contributed by atoms with van der Waals surface area (Å²) in [5, 5.41) is 0. The molecule has 0 aliphatic rings. The lowest BCUT2D eigenvalue weighted by Gasteiger charge is -2.06. The van der Waals surface area contributed by atoms with Crippen LogP contribution in [0.2, 0.25) is 0 Å². The predicted molar refractivity (Wildman–Crippen MR) is 45.4 cm³/mol. The Hall–Kier alpha value is 0.540. The van der Waals surface area contributed by atoms with Crippen molar-refractivity contribution in [1.82, 2.24) is 0 Å². The molecule has 0 aliphatic heterocycles. The van der Waals surface area contributed by atoms with Gasteiger partial charge in [-0.2, -0.15) is 0 Å². The van der Waals surface area contributed by atoms with Gasteiger partial charge in [-0.05, 0) is 20.8 Å². The Morgan fingerprint density at radius 1 is 1.11 bits per heavy atom. The van der Waals surface area contributed by atoms with E-state index in [9.17, 15) is 0 Å². The molecular formula is C6H15Cl2N. The largest absolute Gasteiger partial charge is 0.326 e. The van der Waals surface area contributed by atoms with Crippen molar-refractivity contribution in [3.63, 3.8) is 0 Å². The summed E-state index contributed by atoms with van der Waals surface area (Å²) in [6.07, 6.45) is 0. The third kappa shape index (κ3) is 154. The van der Waals surface area contributed by atoms with E-state index in [-0.39, 0.29) is 5.54 Å². The predicted octanol–water partition coefficient (Wildman–Crippen LogP) is 2.21. The Balaban J connectivity index is 0. The summed E-state index contributed by atoms with van der Waals surface area (Å²) in [4.78, 5) is 0. The van der Waals surface area contributed by atoms with Crippen molar-refractivity contribution in [2.24, 2.45) is 5.73 Å². The molecule has 0 aromatic heterocycles. The average Bonchev–Trinajstić information content (AvgIpc) is 1.61. The fraction of sp³-hybridized carbons (Fsp3) is 1.00. The molecular weight excluding hydrogens is 157 g/mol. The number of rotatable bonds is 1. The molecule has 2 N–H and O–H groups in total. The van der Waals surface area contributed by atoms with Gasteiger partial charge in [0.1, 0.15) is 0 Å². The molecule has 0 bridgehead atoms. The van der Waals surface area contributed by atoms with Crippen LogP contribution in [0.4, 0.5) is 0 Å². The van der Waals surface area contributed by atoms with Crippen LogP contribution >= 0.6 is 23.2 Å². The lowest BCUT2D eigenvalue weighted by Crippen LogP contribution is -2.26. The van der Waals surface area contributed by atoms with Crippen molar-refractivity contribution < 1.29 is 0 Å². The van der Waals surface area contributed by atoms with E-state index in [0.29, 0.717) is 11.8 Å². The number of halogens is 2. The molecule has 1 nitrogen and oxygen atoms in total. The Kier molecular flexibility index (Phi) is 9.05. The van der Waals surface area contributed by atoms with E-state index >= 15 is 0 Å². The van der Waals surface area contributed by atoms with Gasteiger partial charge in [-0.15, -0.1) is 23.2 Å². The highest BCUT2D eigenvalue weighted by molar-refractivity contribution is 6.25. The van der Waals surface area contributed by atoms with Gasteiger partial charge in [-0.3, -0.25) is 0 Å². The second-order valence-corrected chi connectivity index (χ2v) is 3.50. The van der Waals surface area contributed by atoms with Gasteiger partial charge in [0.25, 0.3) is 0 Å². The highest BCUT2D eigenvalue weighted by Gasteiger charge is 1.95. The second-order valence-electron chi connectivity index (χ2n) is 2.74. The van der Waals surface area contributed by atoms with Gasteiger partial charge >= 0.3 is 0 Å². The Morgan fingerprint density at radius 3 is 1.22 bits per heavy atom. The Morgan fingerprint density at radius 2 is 1.22 bits per heavy atom. The van der Waals surface area contributed by atoms with E-state index in [1.807, 2.05) is 20.8 Å². The molecule has 3 heteroatoms. The van der Waals surface area contributed by atoms with Gasteiger partial charge < -0.3 is 5.73 Å². The van der Waals surface area contributed by atoms with Crippen LogP contribution in [0.15, 0.2) is 0 Å². The minimum atomic E-state index is 0. The minimum absolute atomic E-state index is 0. The van der Waals surface area contributed by atoms with Crippen molar-refractivity contribution in [3.05, 3.63) is 0 Å². The fourth-order valence-electron chi connectivity index (χ4n) is 0. The summed E-state index contributed by atoms with van der Waals surface area (Å²) in [5.74, 6) is 1.11. The molecule has 0 aromatic carbocycles. The van der Waals surface area contributed by atoms with E-state index in [1.54, 1.807) is 0 Å². The third-order valence-electron chi connectivity index (χ3n) is 0.0714. The van der Waals surface area contributed by atoms with E-state index in [0.717, 1.165) is 0 Å². The molecule has 0 aromatic rings. The van der Waals surface area contributed by atoms with Crippen LogP contribution in [-0.4, -0.2) is 17.3 Å². The maximum absolute atomic E-state index is 5.35. The monoisotopic (exact) mass is 171 g/mol. The standard InChI is InChI=1S/C4H11N.C2H4Cl2/c1-4(2,3)5;3-1-2-4/h5H2,1-3H3;1-2H2. The molecule has 0 rings (SSSR count). The first-order valence-corrected chi connectivity index (χ1v) is 3.89. The topological polar surface area (TPSA) is 26.0 Å². The van der Waals surface area contributed by atoms with Gasteiger partial charge in [0.05, 0.1) is 0 Å². The van der Waals surface area contributed by atoms with Crippen LogP contribution in [0.3, 0.4) is 0 Å². The zero-order valence-corrected chi connectivity index (χ0v) is 7.76. The third-order valence-corrected chi connectivity index (χ3v) is 0.643. The summed E-state index contributed by atoms with van der Waals surface area (Å²) in [7, 11) is 0. The van der Waals surface area contributed by atoms with E-state index in [1.165, 1.54) is 0 Å². The van der Waals surface area contributed by atoms with Crippen molar-refractivity contribution in [1.29, 1.82) is 0 Å². The van der Waals surface area contributed by atoms with Crippen molar-refractivity contribution in [2.45, 2.75) is 26.3 Å². The van der Waals surface area contributed by atoms with Crippen LogP contribution in [-0.2, 0) is 0 Å². The molecule has 58 valence electrons. The van der Waals surface area contributed by atoms with Crippen LogP contribution in [0.5, 0.6) is 0 Å². The average molecular weight is 172 g/mol. The molecule has 0 saturated heterocycles. The molecule has 0 radical (unpaired) electrons. The summed E-state index contributed by atoms with van der Waals surface area (Å²) < 4.78 is 0. The maximum Gasteiger partial charge on any atom is 0.0359 e. The summed E-state index contributed by atoms with van der Waals surface area (Å²) in [6.45, 7) is 5.90. The lowest BCUT2D eigenvalue weighted by atomic mass is 10.1. The molecule has 0 saturated carbocycles. The maximum atomic E-state index is 5.35. The minimum Gasteiger partial charge on any atom is -0.326 e. The number of alkyl halides is 2.